The SMILES string of the molecule is CS(=O)(=O)OCCN(CCOS(C)(=O)=O)c1ccccc1. The molecule has 0 radical (unpaired) electrons. The maximum Gasteiger partial charge on any atom is 0.264 e. The maximum absolute atomic E-state index is 11.0. The summed E-state index contributed by atoms with van der Waals surface area (Å²) in [5, 5.41) is 0. The second-order valence-electron chi connectivity index (χ2n) is 4.37. The molecular weight excluding hydrogens is 318 g/mol. The van der Waals surface area contributed by atoms with E-state index in [4.69, 9.17) is 8.37 Å². The predicted molar refractivity (Wildman–Crippen MR) is 80.2 cm³/mol. The Kier molecular flexibility index (Phi) is 6.59. The van der Waals surface area contributed by atoms with Gasteiger partial charge in [0.1, 0.15) is 0 Å². The Morgan fingerprint density at radius 2 is 1.29 bits per heavy atom. The molecule has 9 heteroatoms. The third kappa shape index (κ3) is 8.66. The molecule has 0 aromatic heterocycles. The van der Waals surface area contributed by atoms with Gasteiger partial charge in [-0.25, -0.2) is 0 Å². The fourth-order valence-electron chi connectivity index (χ4n) is 1.61. The molecule has 0 bridgehead atoms. The first-order valence-corrected chi connectivity index (χ1v) is 9.79. The van der Waals surface area contributed by atoms with Gasteiger partial charge in [0.05, 0.1) is 25.7 Å². The van der Waals surface area contributed by atoms with Gasteiger partial charge in [-0.3, -0.25) is 8.37 Å². The average Bonchev–Trinajstić information content (AvgIpc) is 2.35. The summed E-state index contributed by atoms with van der Waals surface area (Å²) in [4.78, 5) is 1.79. The summed E-state index contributed by atoms with van der Waals surface area (Å²) >= 11 is 0. The lowest BCUT2D eigenvalue weighted by molar-refractivity contribution is 0.309. The van der Waals surface area contributed by atoms with E-state index in [2.05, 4.69) is 0 Å². The van der Waals surface area contributed by atoms with Crippen LogP contribution in [0.15, 0.2) is 30.3 Å². The van der Waals surface area contributed by atoms with Gasteiger partial charge in [0.15, 0.2) is 0 Å². The van der Waals surface area contributed by atoms with Crippen molar-refractivity contribution < 1.29 is 25.2 Å². The summed E-state index contributed by atoms with van der Waals surface area (Å²) in [5.74, 6) is 0. The van der Waals surface area contributed by atoms with Gasteiger partial charge < -0.3 is 4.90 Å². The number of hydrogen-bond acceptors (Lipinski definition) is 7. The molecule has 7 nitrogen and oxygen atoms in total. The van der Waals surface area contributed by atoms with Crippen molar-refractivity contribution in [3.05, 3.63) is 30.3 Å². The molecule has 0 aliphatic carbocycles. The van der Waals surface area contributed by atoms with Crippen LogP contribution in [0.5, 0.6) is 0 Å². The van der Waals surface area contributed by atoms with E-state index >= 15 is 0 Å². The van der Waals surface area contributed by atoms with Crippen LogP contribution < -0.4 is 4.90 Å². The number of anilines is 1. The van der Waals surface area contributed by atoms with Crippen LogP contribution in [0.4, 0.5) is 5.69 Å². The molecule has 1 rings (SSSR count). The number of para-hydroxylation sites is 1. The molecule has 21 heavy (non-hydrogen) atoms. The summed E-state index contributed by atoms with van der Waals surface area (Å²) in [5.41, 5.74) is 0.826. The zero-order chi connectivity index (χ0) is 15.9. The van der Waals surface area contributed by atoms with Gasteiger partial charge in [-0.05, 0) is 12.1 Å². The molecule has 0 fully saturated rings. The van der Waals surface area contributed by atoms with Crippen LogP contribution in [0.1, 0.15) is 0 Å². The molecule has 0 saturated heterocycles. The Balaban J connectivity index is 2.62. The monoisotopic (exact) mass is 337 g/mol. The number of nitrogens with zero attached hydrogens (tertiary/aromatic N) is 1. The summed E-state index contributed by atoms with van der Waals surface area (Å²) in [7, 11) is -7.00. The second kappa shape index (κ2) is 7.74. The lowest BCUT2D eigenvalue weighted by atomic mass is 10.3. The van der Waals surface area contributed by atoms with Crippen molar-refractivity contribution >= 4 is 25.9 Å². The van der Waals surface area contributed by atoms with Crippen LogP contribution in [-0.4, -0.2) is 55.7 Å². The van der Waals surface area contributed by atoms with Crippen LogP contribution in [0.25, 0.3) is 0 Å². The van der Waals surface area contributed by atoms with E-state index < -0.39 is 20.2 Å². The molecule has 0 saturated carbocycles. The van der Waals surface area contributed by atoms with E-state index in [9.17, 15) is 16.8 Å². The van der Waals surface area contributed by atoms with Gasteiger partial charge in [0, 0.05) is 18.8 Å². The summed E-state index contributed by atoms with van der Waals surface area (Å²) < 4.78 is 53.2. The van der Waals surface area contributed by atoms with Crippen molar-refractivity contribution in [2.45, 2.75) is 0 Å². The third-order valence-corrected chi connectivity index (χ3v) is 3.63. The average molecular weight is 337 g/mol. The van der Waals surface area contributed by atoms with Gasteiger partial charge in [-0.2, -0.15) is 16.8 Å². The van der Waals surface area contributed by atoms with E-state index in [1.54, 1.807) is 4.90 Å². The highest BCUT2D eigenvalue weighted by molar-refractivity contribution is 7.86. The summed E-state index contributed by atoms with van der Waals surface area (Å²) in [6.45, 7) is 0.549. The van der Waals surface area contributed by atoms with E-state index in [1.165, 1.54) is 0 Å². The minimum absolute atomic E-state index is 0.0212. The van der Waals surface area contributed by atoms with Gasteiger partial charge in [0.25, 0.3) is 20.2 Å². The molecule has 1 aromatic carbocycles. The van der Waals surface area contributed by atoms with Gasteiger partial charge >= 0.3 is 0 Å². The molecule has 120 valence electrons. The van der Waals surface area contributed by atoms with Crippen LogP contribution >= 0.6 is 0 Å². The zero-order valence-electron chi connectivity index (χ0n) is 11.9. The lowest BCUT2D eigenvalue weighted by Crippen LogP contribution is -2.32. The highest BCUT2D eigenvalue weighted by Gasteiger charge is 2.10. The number of hydrogen-bond donors (Lipinski definition) is 0. The topological polar surface area (TPSA) is 90.0 Å². The molecule has 1 aromatic rings. The van der Waals surface area contributed by atoms with Crippen molar-refractivity contribution in [3.8, 4) is 0 Å². The first-order valence-electron chi connectivity index (χ1n) is 6.16. The van der Waals surface area contributed by atoms with Crippen molar-refractivity contribution in [1.29, 1.82) is 0 Å². The molecule has 0 spiro atoms. The summed E-state index contributed by atoms with van der Waals surface area (Å²) in [6, 6.07) is 9.18. The largest absolute Gasteiger partial charge is 0.367 e. The van der Waals surface area contributed by atoms with Gasteiger partial charge in [-0.1, -0.05) is 18.2 Å². The van der Waals surface area contributed by atoms with Crippen molar-refractivity contribution in [1.82, 2.24) is 0 Å². The molecule has 0 aliphatic rings. The number of benzene rings is 1. The Bertz CT molecular complexity index is 589. The molecule has 0 aliphatic heterocycles. The van der Waals surface area contributed by atoms with Crippen molar-refractivity contribution in [2.75, 3.05) is 43.7 Å². The molecule has 0 unspecified atom stereocenters. The van der Waals surface area contributed by atoms with Gasteiger partial charge in [0.2, 0.25) is 0 Å². The smallest absolute Gasteiger partial charge is 0.264 e. The van der Waals surface area contributed by atoms with Crippen molar-refractivity contribution in [3.63, 3.8) is 0 Å². The minimum atomic E-state index is -3.50. The Hall–Kier alpha value is -1.16. The predicted octanol–water partition coefficient (Wildman–Crippen LogP) is 0.445. The third-order valence-electron chi connectivity index (χ3n) is 2.44. The Labute approximate surface area is 125 Å². The first kappa shape index (κ1) is 17.9. The normalized spacial score (nSPS) is 12.3. The molecular formula is C12H19NO6S2. The second-order valence-corrected chi connectivity index (χ2v) is 7.66. The van der Waals surface area contributed by atoms with E-state index in [-0.39, 0.29) is 13.2 Å². The fourth-order valence-corrected chi connectivity index (χ4v) is 2.36. The number of rotatable bonds is 9. The Morgan fingerprint density at radius 3 is 1.67 bits per heavy atom. The minimum Gasteiger partial charge on any atom is -0.367 e. The van der Waals surface area contributed by atoms with Crippen molar-refractivity contribution in [2.24, 2.45) is 0 Å². The van der Waals surface area contributed by atoms with E-state index in [0.29, 0.717) is 13.1 Å². The quantitative estimate of drug-likeness (QED) is 0.604. The summed E-state index contributed by atoms with van der Waals surface area (Å²) in [6.07, 6.45) is 1.96. The van der Waals surface area contributed by atoms with Gasteiger partial charge in [-0.15, -0.1) is 0 Å². The zero-order valence-corrected chi connectivity index (χ0v) is 13.6. The van der Waals surface area contributed by atoms with Crippen LogP contribution in [0.3, 0.4) is 0 Å². The van der Waals surface area contributed by atoms with Crippen LogP contribution in [0, 0.1) is 0 Å². The maximum atomic E-state index is 11.0. The standard InChI is InChI=1S/C12H19NO6S2/c1-20(14,15)18-10-8-13(9-11-19-21(2,16)17)12-6-4-3-5-7-12/h3-7H,8-11H2,1-2H3. The molecule has 0 N–H and O–H groups in total. The Morgan fingerprint density at radius 1 is 0.857 bits per heavy atom. The highest BCUT2D eigenvalue weighted by Crippen LogP contribution is 2.12. The lowest BCUT2D eigenvalue weighted by Gasteiger charge is -2.24. The van der Waals surface area contributed by atoms with E-state index in [1.807, 2.05) is 30.3 Å². The highest BCUT2D eigenvalue weighted by atomic mass is 32.2. The van der Waals surface area contributed by atoms with Crippen LogP contribution in [0.2, 0.25) is 0 Å². The molecule has 0 amide bonds. The fraction of sp³-hybridized carbons (Fsp3) is 0.500. The van der Waals surface area contributed by atoms with E-state index in [0.717, 1.165) is 18.2 Å². The molecule has 0 heterocycles. The molecule has 0 atom stereocenters. The first-order chi connectivity index (χ1) is 9.67. The van der Waals surface area contributed by atoms with Crippen LogP contribution in [-0.2, 0) is 28.6 Å².